The molecule has 0 N–H and O–H groups in total. The zero-order valence-electron chi connectivity index (χ0n) is 13.9. The Balaban J connectivity index is 2.02. The van der Waals surface area contributed by atoms with Crippen molar-refractivity contribution in [2.45, 2.75) is 33.1 Å². The molecule has 1 aliphatic carbocycles. The summed E-state index contributed by atoms with van der Waals surface area (Å²) in [7, 11) is 0. The minimum atomic E-state index is -0.677. The third kappa shape index (κ3) is 3.11. The number of halogens is 1. The van der Waals surface area contributed by atoms with Gasteiger partial charge in [-0.2, -0.15) is 0 Å². The normalized spacial score (nSPS) is 19.3. The molecule has 1 fully saturated rings. The third-order valence-electron chi connectivity index (χ3n) is 4.35. The van der Waals surface area contributed by atoms with Crippen LogP contribution in [0.5, 0.6) is 0 Å². The molecule has 0 amide bonds. The van der Waals surface area contributed by atoms with Crippen molar-refractivity contribution < 1.29 is 9.59 Å². The minimum absolute atomic E-state index is 0.0312. The Morgan fingerprint density at radius 1 is 1.12 bits per heavy atom. The number of rotatable bonds is 2. The fraction of sp³-hybridized carbons (Fsp3) is 0.250. The van der Waals surface area contributed by atoms with Crippen LogP contribution in [-0.2, 0) is 9.59 Å². The number of hydrogen-bond donors (Lipinski definition) is 0. The molecule has 3 nitrogen and oxygen atoms in total. The van der Waals surface area contributed by atoms with Gasteiger partial charge in [0, 0.05) is 12.0 Å². The maximum Gasteiger partial charge on any atom is 0.174 e. The molecular formula is C20H18BrNO2. The first-order valence-corrected chi connectivity index (χ1v) is 8.64. The molecule has 0 spiro atoms. The van der Waals surface area contributed by atoms with E-state index >= 15 is 0 Å². The highest BCUT2D eigenvalue weighted by Gasteiger charge is 2.39. The first-order chi connectivity index (χ1) is 11.4. The Labute approximate surface area is 149 Å². The number of benzene rings is 1. The minimum Gasteiger partial charge on any atom is -0.298 e. The van der Waals surface area contributed by atoms with E-state index in [4.69, 9.17) is 0 Å². The number of carbonyl (C=O) groups is 2. The molecule has 24 heavy (non-hydrogen) atoms. The van der Waals surface area contributed by atoms with E-state index < -0.39 is 5.92 Å². The summed E-state index contributed by atoms with van der Waals surface area (Å²) in [6.45, 7) is 5.95. The summed E-state index contributed by atoms with van der Waals surface area (Å²) < 4.78 is 0.704. The molecule has 1 heterocycles. The van der Waals surface area contributed by atoms with E-state index in [0.717, 1.165) is 22.3 Å². The molecule has 1 unspecified atom stereocenters. The molecule has 1 aromatic carbocycles. The Hall–Kier alpha value is -2.07. The maximum atomic E-state index is 12.9. The van der Waals surface area contributed by atoms with E-state index in [1.165, 1.54) is 0 Å². The van der Waals surface area contributed by atoms with Crippen LogP contribution >= 0.6 is 15.9 Å². The van der Waals surface area contributed by atoms with Crippen molar-refractivity contribution in [3.05, 3.63) is 68.5 Å². The second kappa shape index (κ2) is 6.44. The molecule has 0 radical (unpaired) electrons. The number of aromatic nitrogens is 1. The van der Waals surface area contributed by atoms with Gasteiger partial charge in [-0.1, -0.05) is 23.8 Å². The zero-order valence-corrected chi connectivity index (χ0v) is 15.5. The monoisotopic (exact) mass is 383 g/mol. The van der Waals surface area contributed by atoms with E-state index in [0.29, 0.717) is 15.9 Å². The lowest BCUT2D eigenvalue weighted by Crippen LogP contribution is -2.15. The van der Waals surface area contributed by atoms with E-state index in [1.807, 2.05) is 51.1 Å². The standard InChI is InChI=1S/C20H18BrNO2/c1-11-7-12(2)18(13(3)8-11)19-16(23)10-14(20(19)24)9-15-5-4-6-17(21)22-15/h4-9,19H,10H2,1-3H3/b14-9+. The molecule has 4 heteroatoms. The highest BCUT2D eigenvalue weighted by molar-refractivity contribution is 9.10. The molecule has 0 bridgehead atoms. The predicted molar refractivity (Wildman–Crippen MR) is 97.9 cm³/mol. The lowest BCUT2D eigenvalue weighted by Gasteiger charge is -2.15. The fourth-order valence-electron chi connectivity index (χ4n) is 3.45. The largest absolute Gasteiger partial charge is 0.298 e. The van der Waals surface area contributed by atoms with Crippen LogP contribution in [-0.4, -0.2) is 16.6 Å². The number of allylic oxidation sites excluding steroid dienone is 1. The van der Waals surface area contributed by atoms with E-state index in [-0.39, 0.29) is 18.0 Å². The quantitative estimate of drug-likeness (QED) is 0.436. The van der Waals surface area contributed by atoms with Gasteiger partial charge in [0.05, 0.1) is 5.69 Å². The number of pyridine rings is 1. The van der Waals surface area contributed by atoms with Crippen LogP contribution in [0.2, 0.25) is 0 Å². The van der Waals surface area contributed by atoms with Crippen LogP contribution in [0.4, 0.5) is 0 Å². The summed E-state index contributed by atoms with van der Waals surface area (Å²) in [5, 5.41) is 0. The summed E-state index contributed by atoms with van der Waals surface area (Å²) in [4.78, 5) is 29.7. The van der Waals surface area contributed by atoms with Gasteiger partial charge >= 0.3 is 0 Å². The fourth-order valence-corrected chi connectivity index (χ4v) is 3.81. The van der Waals surface area contributed by atoms with Crippen LogP contribution in [0, 0.1) is 20.8 Å². The summed E-state index contributed by atoms with van der Waals surface area (Å²) in [6, 6.07) is 9.56. The topological polar surface area (TPSA) is 47.0 Å². The molecule has 1 aliphatic rings. The summed E-state index contributed by atoms with van der Waals surface area (Å²) in [5.74, 6) is -0.808. The summed E-state index contributed by atoms with van der Waals surface area (Å²) >= 11 is 3.32. The van der Waals surface area contributed by atoms with Gasteiger partial charge in [-0.3, -0.25) is 9.59 Å². The molecule has 3 rings (SSSR count). The van der Waals surface area contributed by atoms with Crippen LogP contribution < -0.4 is 0 Å². The lowest BCUT2D eigenvalue weighted by atomic mass is 9.87. The Bertz CT molecular complexity index is 860. The van der Waals surface area contributed by atoms with Gasteiger partial charge in [-0.15, -0.1) is 0 Å². The number of Topliss-reactive ketones (excluding diaryl/α,β-unsaturated/α-hetero) is 2. The van der Waals surface area contributed by atoms with Crippen molar-refractivity contribution in [2.75, 3.05) is 0 Å². The molecule has 2 aromatic rings. The number of aryl methyl sites for hydroxylation is 3. The van der Waals surface area contributed by atoms with Gasteiger partial charge in [0.1, 0.15) is 10.5 Å². The second-order valence-corrected chi connectivity index (χ2v) is 7.12. The second-order valence-electron chi connectivity index (χ2n) is 6.31. The maximum absolute atomic E-state index is 12.9. The molecule has 1 atom stereocenters. The van der Waals surface area contributed by atoms with Crippen LogP contribution in [0.3, 0.4) is 0 Å². The first-order valence-electron chi connectivity index (χ1n) is 7.84. The molecular weight excluding hydrogens is 366 g/mol. The van der Waals surface area contributed by atoms with E-state index in [2.05, 4.69) is 20.9 Å². The van der Waals surface area contributed by atoms with Crippen molar-refractivity contribution in [1.82, 2.24) is 4.98 Å². The number of hydrogen-bond acceptors (Lipinski definition) is 3. The zero-order chi connectivity index (χ0) is 17.4. The van der Waals surface area contributed by atoms with Crippen molar-refractivity contribution >= 4 is 33.6 Å². The van der Waals surface area contributed by atoms with E-state index in [1.54, 1.807) is 6.08 Å². The SMILES string of the molecule is Cc1cc(C)c(C2C(=O)C/C(=C\c3cccc(Br)n3)C2=O)c(C)c1. The van der Waals surface area contributed by atoms with Crippen LogP contribution in [0.1, 0.15) is 40.3 Å². The van der Waals surface area contributed by atoms with Gasteiger partial charge in [0.2, 0.25) is 0 Å². The first kappa shape index (κ1) is 16.8. The average molecular weight is 384 g/mol. The van der Waals surface area contributed by atoms with Gasteiger partial charge in [0.25, 0.3) is 0 Å². The van der Waals surface area contributed by atoms with Gasteiger partial charge < -0.3 is 0 Å². The molecule has 122 valence electrons. The average Bonchev–Trinajstić information content (AvgIpc) is 2.74. The highest BCUT2D eigenvalue weighted by Crippen LogP contribution is 2.36. The third-order valence-corrected chi connectivity index (χ3v) is 4.79. The predicted octanol–water partition coefficient (Wildman–Crippen LogP) is 4.48. The number of nitrogens with zero attached hydrogens (tertiary/aromatic N) is 1. The highest BCUT2D eigenvalue weighted by atomic mass is 79.9. The Morgan fingerprint density at radius 3 is 2.42 bits per heavy atom. The number of ketones is 2. The molecule has 1 saturated carbocycles. The van der Waals surface area contributed by atoms with Gasteiger partial charge in [0.15, 0.2) is 11.6 Å². The van der Waals surface area contributed by atoms with Gasteiger partial charge in [-0.25, -0.2) is 4.98 Å². The molecule has 1 aromatic heterocycles. The molecule has 0 aliphatic heterocycles. The van der Waals surface area contributed by atoms with Crippen molar-refractivity contribution in [1.29, 1.82) is 0 Å². The molecule has 0 saturated heterocycles. The Kier molecular flexibility index (Phi) is 4.50. The van der Waals surface area contributed by atoms with Crippen LogP contribution in [0.25, 0.3) is 6.08 Å². The summed E-state index contributed by atoms with van der Waals surface area (Å²) in [5.41, 5.74) is 5.22. The lowest BCUT2D eigenvalue weighted by molar-refractivity contribution is -0.123. The van der Waals surface area contributed by atoms with Gasteiger partial charge in [-0.05, 0) is 71.6 Å². The Morgan fingerprint density at radius 2 is 1.79 bits per heavy atom. The van der Waals surface area contributed by atoms with E-state index in [9.17, 15) is 9.59 Å². The van der Waals surface area contributed by atoms with Crippen molar-refractivity contribution in [2.24, 2.45) is 0 Å². The number of carbonyl (C=O) groups excluding carboxylic acids is 2. The van der Waals surface area contributed by atoms with Crippen molar-refractivity contribution in [3.63, 3.8) is 0 Å². The van der Waals surface area contributed by atoms with Crippen LogP contribution in [0.15, 0.2) is 40.5 Å². The smallest absolute Gasteiger partial charge is 0.174 e. The summed E-state index contributed by atoms with van der Waals surface area (Å²) in [6.07, 6.45) is 1.90. The van der Waals surface area contributed by atoms with Crippen molar-refractivity contribution in [3.8, 4) is 0 Å².